The van der Waals surface area contributed by atoms with E-state index in [1.54, 1.807) is 30.0 Å². The molecule has 1 aromatic carbocycles. The molecule has 1 aromatic rings. The summed E-state index contributed by atoms with van der Waals surface area (Å²) in [6, 6.07) is 5.05. The third-order valence-corrected chi connectivity index (χ3v) is 3.08. The molecule has 2 rings (SSSR count). The summed E-state index contributed by atoms with van der Waals surface area (Å²) in [5, 5.41) is 12.7. The smallest absolute Gasteiger partial charge is 0.260 e. The lowest BCUT2D eigenvalue weighted by Crippen LogP contribution is -2.47. The van der Waals surface area contributed by atoms with Crippen molar-refractivity contribution in [3.8, 4) is 11.5 Å². The van der Waals surface area contributed by atoms with E-state index in [1.807, 2.05) is 0 Å². The van der Waals surface area contributed by atoms with Gasteiger partial charge in [-0.15, -0.1) is 0 Å². The lowest BCUT2D eigenvalue weighted by atomic mass is 10.2. The van der Waals surface area contributed by atoms with Gasteiger partial charge in [0, 0.05) is 31.7 Å². The topological polar surface area (TPSA) is 61.8 Å². The highest BCUT2D eigenvalue weighted by Crippen LogP contribution is 2.25. The third-order valence-electron chi connectivity index (χ3n) is 3.08. The van der Waals surface area contributed by atoms with Gasteiger partial charge in [0.05, 0.1) is 0 Å². The minimum atomic E-state index is -0.0146. The van der Waals surface area contributed by atoms with Gasteiger partial charge in [-0.3, -0.25) is 4.79 Å². The van der Waals surface area contributed by atoms with Crippen LogP contribution in [0.2, 0.25) is 0 Å². The Kier molecular flexibility index (Phi) is 4.04. The number of rotatable bonds is 3. The van der Waals surface area contributed by atoms with Crippen molar-refractivity contribution in [1.29, 1.82) is 0 Å². The molecule has 0 aliphatic carbocycles. The molecular formula is C13H18N2O3. The zero-order valence-electron chi connectivity index (χ0n) is 10.5. The highest BCUT2D eigenvalue weighted by atomic mass is 16.5. The van der Waals surface area contributed by atoms with Crippen LogP contribution in [0.4, 0.5) is 0 Å². The molecule has 0 aromatic heterocycles. The van der Waals surface area contributed by atoms with Gasteiger partial charge in [0.25, 0.3) is 5.91 Å². The minimum Gasteiger partial charge on any atom is -0.508 e. The summed E-state index contributed by atoms with van der Waals surface area (Å²) < 4.78 is 5.46. The number of nitrogens with one attached hydrogen (secondary N) is 1. The number of amides is 1. The highest BCUT2D eigenvalue weighted by Gasteiger charge is 2.16. The van der Waals surface area contributed by atoms with Crippen molar-refractivity contribution >= 4 is 5.91 Å². The summed E-state index contributed by atoms with van der Waals surface area (Å²) in [6.45, 7) is 4.89. The molecule has 0 unspecified atom stereocenters. The van der Waals surface area contributed by atoms with Crippen molar-refractivity contribution in [2.45, 2.75) is 6.92 Å². The largest absolute Gasteiger partial charge is 0.508 e. The van der Waals surface area contributed by atoms with Crippen LogP contribution in [0.15, 0.2) is 18.2 Å². The molecule has 0 bridgehead atoms. The van der Waals surface area contributed by atoms with Crippen LogP contribution in [-0.4, -0.2) is 48.7 Å². The molecule has 0 spiro atoms. The molecule has 0 saturated carbocycles. The maximum Gasteiger partial charge on any atom is 0.260 e. The second kappa shape index (κ2) is 5.73. The van der Waals surface area contributed by atoms with Gasteiger partial charge in [0.2, 0.25) is 0 Å². The Bertz CT molecular complexity index is 428. The van der Waals surface area contributed by atoms with Gasteiger partial charge in [-0.1, -0.05) is 6.07 Å². The number of phenols is 1. The molecule has 5 nitrogen and oxygen atoms in total. The van der Waals surface area contributed by atoms with E-state index in [0.717, 1.165) is 26.2 Å². The molecule has 0 atom stereocenters. The van der Waals surface area contributed by atoms with Crippen LogP contribution in [0.25, 0.3) is 0 Å². The minimum absolute atomic E-state index is 0.0146. The molecule has 1 fully saturated rings. The number of phenolic OH excluding ortho intramolecular Hbond substituents is 1. The van der Waals surface area contributed by atoms with Crippen LogP contribution in [0.3, 0.4) is 0 Å². The fraction of sp³-hybridized carbons (Fsp3) is 0.462. The van der Waals surface area contributed by atoms with E-state index in [-0.39, 0.29) is 18.3 Å². The van der Waals surface area contributed by atoms with E-state index in [9.17, 15) is 9.90 Å². The SMILES string of the molecule is Cc1c(O)cccc1OCC(=O)N1CCNCC1. The average molecular weight is 250 g/mol. The lowest BCUT2D eigenvalue weighted by Gasteiger charge is -2.27. The predicted molar refractivity (Wildman–Crippen MR) is 67.8 cm³/mol. The van der Waals surface area contributed by atoms with Crippen molar-refractivity contribution in [2.75, 3.05) is 32.8 Å². The van der Waals surface area contributed by atoms with Crippen LogP contribution in [-0.2, 0) is 4.79 Å². The number of nitrogens with zero attached hydrogens (tertiary/aromatic N) is 1. The second-order valence-corrected chi connectivity index (χ2v) is 4.32. The van der Waals surface area contributed by atoms with Gasteiger partial charge in [-0.05, 0) is 19.1 Å². The molecule has 1 amide bonds. The maximum absolute atomic E-state index is 11.9. The molecule has 18 heavy (non-hydrogen) atoms. The van der Waals surface area contributed by atoms with Crippen molar-refractivity contribution in [1.82, 2.24) is 10.2 Å². The molecular weight excluding hydrogens is 232 g/mol. The Labute approximate surface area is 106 Å². The molecule has 5 heteroatoms. The quantitative estimate of drug-likeness (QED) is 0.820. The first kappa shape index (κ1) is 12.7. The van der Waals surface area contributed by atoms with E-state index in [2.05, 4.69) is 5.32 Å². The normalized spacial score (nSPS) is 15.5. The van der Waals surface area contributed by atoms with Crippen molar-refractivity contribution in [3.63, 3.8) is 0 Å². The van der Waals surface area contributed by atoms with Crippen LogP contribution in [0.5, 0.6) is 11.5 Å². The van der Waals surface area contributed by atoms with E-state index >= 15 is 0 Å². The van der Waals surface area contributed by atoms with E-state index < -0.39 is 0 Å². The van der Waals surface area contributed by atoms with Gasteiger partial charge in [0.15, 0.2) is 6.61 Å². The monoisotopic (exact) mass is 250 g/mol. The lowest BCUT2D eigenvalue weighted by molar-refractivity contribution is -0.133. The molecule has 98 valence electrons. The Morgan fingerprint density at radius 1 is 1.44 bits per heavy atom. The number of benzene rings is 1. The second-order valence-electron chi connectivity index (χ2n) is 4.32. The van der Waals surface area contributed by atoms with Gasteiger partial charge in [-0.25, -0.2) is 0 Å². The number of ether oxygens (including phenoxy) is 1. The zero-order chi connectivity index (χ0) is 13.0. The Balaban J connectivity index is 1.90. The first-order valence-electron chi connectivity index (χ1n) is 6.08. The van der Waals surface area contributed by atoms with E-state index in [1.165, 1.54) is 0 Å². The fourth-order valence-electron chi connectivity index (χ4n) is 1.90. The Hall–Kier alpha value is -1.75. The van der Waals surface area contributed by atoms with Gasteiger partial charge >= 0.3 is 0 Å². The average Bonchev–Trinajstić information content (AvgIpc) is 2.41. The number of hydrogen-bond acceptors (Lipinski definition) is 4. The van der Waals surface area contributed by atoms with Crippen LogP contribution in [0, 0.1) is 6.92 Å². The van der Waals surface area contributed by atoms with Crippen LogP contribution >= 0.6 is 0 Å². The molecule has 1 saturated heterocycles. The number of hydrogen-bond donors (Lipinski definition) is 2. The Morgan fingerprint density at radius 2 is 2.17 bits per heavy atom. The maximum atomic E-state index is 11.9. The van der Waals surface area contributed by atoms with Crippen molar-refractivity contribution in [3.05, 3.63) is 23.8 Å². The van der Waals surface area contributed by atoms with E-state index in [0.29, 0.717) is 11.3 Å². The standard InChI is InChI=1S/C13H18N2O3/c1-10-11(16)3-2-4-12(10)18-9-13(17)15-7-5-14-6-8-15/h2-4,14,16H,5-9H2,1H3. The molecule has 1 aliphatic heterocycles. The van der Waals surface area contributed by atoms with Crippen molar-refractivity contribution in [2.24, 2.45) is 0 Å². The molecule has 1 aliphatic rings. The van der Waals surface area contributed by atoms with Gasteiger partial charge < -0.3 is 20.1 Å². The van der Waals surface area contributed by atoms with Gasteiger partial charge in [0.1, 0.15) is 11.5 Å². The predicted octanol–water partition coefficient (Wildman–Crippen LogP) is 0.511. The number of aromatic hydroxyl groups is 1. The Morgan fingerprint density at radius 3 is 2.89 bits per heavy atom. The molecule has 0 radical (unpaired) electrons. The van der Waals surface area contributed by atoms with Gasteiger partial charge in [-0.2, -0.15) is 0 Å². The number of piperazine rings is 1. The zero-order valence-corrected chi connectivity index (χ0v) is 10.5. The summed E-state index contributed by atoms with van der Waals surface area (Å²) >= 11 is 0. The number of carbonyl (C=O) groups is 1. The summed E-state index contributed by atoms with van der Waals surface area (Å²) in [4.78, 5) is 13.7. The first-order chi connectivity index (χ1) is 8.68. The molecule has 1 heterocycles. The van der Waals surface area contributed by atoms with Crippen LogP contribution < -0.4 is 10.1 Å². The molecule has 2 N–H and O–H groups in total. The highest BCUT2D eigenvalue weighted by molar-refractivity contribution is 5.78. The third kappa shape index (κ3) is 2.92. The summed E-state index contributed by atoms with van der Waals surface area (Å²) in [5.74, 6) is 0.722. The summed E-state index contributed by atoms with van der Waals surface area (Å²) in [7, 11) is 0. The first-order valence-corrected chi connectivity index (χ1v) is 6.08. The van der Waals surface area contributed by atoms with Crippen molar-refractivity contribution < 1.29 is 14.6 Å². The fourth-order valence-corrected chi connectivity index (χ4v) is 1.90. The summed E-state index contributed by atoms with van der Waals surface area (Å²) in [6.07, 6.45) is 0. The van der Waals surface area contributed by atoms with E-state index in [4.69, 9.17) is 4.74 Å². The van der Waals surface area contributed by atoms with Crippen LogP contribution in [0.1, 0.15) is 5.56 Å². The summed E-state index contributed by atoms with van der Waals surface area (Å²) in [5.41, 5.74) is 0.658. The number of carbonyl (C=O) groups excluding carboxylic acids is 1.